The summed E-state index contributed by atoms with van der Waals surface area (Å²) in [7, 11) is 1.66. The highest BCUT2D eigenvalue weighted by atomic mass is 16.6. The van der Waals surface area contributed by atoms with Crippen LogP contribution in [0.15, 0.2) is 48.5 Å². The van der Waals surface area contributed by atoms with E-state index in [2.05, 4.69) is 0 Å². The van der Waals surface area contributed by atoms with Crippen molar-refractivity contribution in [1.29, 1.82) is 0 Å². The van der Waals surface area contributed by atoms with Gasteiger partial charge in [0.1, 0.15) is 5.75 Å². The molecule has 2 aromatic rings. The third-order valence-electron chi connectivity index (χ3n) is 3.30. The first-order chi connectivity index (χ1) is 11.0. The van der Waals surface area contributed by atoms with Gasteiger partial charge in [0, 0.05) is 31.3 Å². The molecular weight excluding hydrogens is 296 g/mol. The quantitative estimate of drug-likeness (QED) is 0.606. The second kappa shape index (κ2) is 7.40. The lowest BCUT2D eigenvalue weighted by Crippen LogP contribution is -2.26. The SMILES string of the molecule is CCOc1ccc(CN(C)C(=O)c2cccc([N+](=O)[O-])c2)cc1. The average Bonchev–Trinajstić information content (AvgIpc) is 2.56. The maximum absolute atomic E-state index is 12.4. The van der Waals surface area contributed by atoms with Crippen LogP contribution in [0.25, 0.3) is 0 Å². The Bertz CT molecular complexity index is 698. The topological polar surface area (TPSA) is 72.7 Å². The number of carbonyl (C=O) groups excluding carboxylic acids is 1. The van der Waals surface area contributed by atoms with Crippen LogP contribution in [-0.2, 0) is 6.54 Å². The van der Waals surface area contributed by atoms with E-state index in [9.17, 15) is 14.9 Å². The number of hydrogen-bond acceptors (Lipinski definition) is 4. The van der Waals surface area contributed by atoms with Gasteiger partial charge >= 0.3 is 0 Å². The van der Waals surface area contributed by atoms with Crippen molar-refractivity contribution in [1.82, 2.24) is 4.90 Å². The molecule has 1 amide bonds. The molecule has 23 heavy (non-hydrogen) atoms. The van der Waals surface area contributed by atoms with Crippen LogP contribution in [-0.4, -0.2) is 29.4 Å². The van der Waals surface area contributed by atoms with Crippen molar-refractivity contribution in [3.63, 3.8) is 0 Å². The number of nitro groups is 1. The molecule has 0 saturated carbocycles. The lowest BCUT2D eigenvalue weighted by atomic mass is 10.1. The van der Waals surface area contributed by atoms with Crippen LogP contribution >= 0.6 is 0 Å². The van der Waals surface area contributed by atoms with E-state index in [0.717, 1.165) is 11.3 Å². The van der Waals surface area contributed by atoms with Crippen LogP contribution in [0.1, 0.15) is 22.8 Å². The first kappa shape index (κ1) is 16.5. The van der Waals surface area contributed by atoms with Crippen molar-refractivity contribution in [2.75, 3.05) is 13.7 Å². The molecule has 0 aliphatic rings. The van der Waals surface area contributed by atoms with Gasteiger partial charge in [-0.1, -0.05) is 18.2 Å². The van der Waals surface area contributed by atoms with Crippen LogP contribution < -0.4 is 4.74 Å². The molecule has 0 radical (unpaired) electrons. The molecule has 0 aromatic heterocycles. The highest BCUT2D eigenvalue weighted by molar-refractivity contribution is 5.94. The average molecular weight is 314 g/mol. The van der Waals surface area contributed by atoms with Gasteiger partial charge < -0.3 is 9.64 Å². The molecule has 6 heteroatoms. The summed E-state index contributed by atoms with van der Waals surface area (Å²) in [5.41, 5.74) is 1.16. The van der Waals surface area contributed by atoms with E-state index in [1.54, 1.807) is 13.1 Å². The normalized spacial score (nSPS) is 10.2. The summed E-state index contributed by atoms with van der Waals surface area (Å²) in [6.45, 7) is 2.93. The lowest BCUT2D eigenvalue weighted by Gasteiger charge is -2.17. The van der Waals surface area contributed by atoms with Gasteiger partial charge in [-0.2, -0.15) is 0 Å². The van der Waals surface area contributed by atoms with E-state index < -0.39 is 4.92 Å². The molecule has 120 valence electrons. The zero-order valence-corrected chi connectivity index (χ0v) is 13.1. The van der Waals surface area contributed by atoms with E-state index in [-0.39, 0.29) is 11.6 Å². The van der Waals surface area contributed by atoms with Gasteiger partial charge in [0.05, 0.1) is 11.5 Å². The Labute approximate surface area is 134 Å². The smallest absolute Gasteiger partial charge is 0.270 e. The summed E-state index contributed by atoms with van der Waals surface area (Å²) in [5.74, 6) is 0.520. The molecule has 0 atom stereocenters. The predicted molar refractivity (Wildman–Crippen MR) is 86.5 cm³/mol. The van der Waals surface area contributed by atoms with Gasteiger partial charge in [-0.05, 0) is 30.7 Å². The summed E-state index contributed by atoms with van der Waals surface area (Å²) in [6.07, 6.45) is 0. The van der Waals surface area contributed by atoms with Crippen molar-refractivity contribution < 1.29 is 14.5 Å². The fourth-order valence-electron chi connectivity index (χ4n) is 2.18. The Balaban J connectivity index is 2.07. The Morgan fingerprint density at radius 1 is 1.22 bits per heavy atom. The van der Waals surface area contributed by atoms with E-state index in [1.165, 1.54) is 23.1 Å². The summed E-state index contributed by atoms with van der Waals surface area (Å²) < 4.78 is 5.37. The lowest BCUT2D eigenvalue weighted by molar-refractivity contribution is -0.384. The first-order valence-electron chi connectivity index (χ1n) is 7.23. The number of benzene rings is 2. The zero-order chi connectivity index (χ0) is 16.8. The first-order valence-corrected chi connectivity index (χ1v) is 7.23. The van der Waals surface area contributed by atoms with E-state index in [4.69, 9.17) is 4.74 Å². The molecule has 6 nitrogen and oxygen atoms in total. The minimum Gasteiger partial charge on any atom is -0.494 e. The maximum atomic E-state index is 12.4. The van der Waals surface area contributed by atoms with Crippen molar-refractivity contribution in [3.8, 4) is 5.75 Å². The molecule has 0 fully saturated rings. The molecule has 0 bridgehead atoms. The molecule has 0 unspecified atom stereocenters. The van der Waals surface area contributed by atoms with Crippen molar-refractivity contribution in [2.24, 2.45) is 0 Å². The summed E-state index contributed by atoms with van der Waals surface area (Å²) in [6, 6.07) is 13.2. The predicted octanol–water partition coefficient (Wildman–Crippen LogP) is 3.27. The van der Waals surface area contributed by atoms with Crippen LogP contribution in [0.4, 0.5) is 5.69 Å². The second-order valence-electron chi connectivity index (χ2n) is 5.05. The molecule has 0 aliphatic carbocycles. The molecule has 0 aliphatic heterocycles. The third-order valence-corrected chi connectivity index (χ3v) is 3.30. The molecule has 0 heterocycles. The molecule has 0 spiro atoms. The fraction of sp³-hybridized carbons (Fsp3) is 0.235. The molecule has 2 aromatic carbocycles. The maximum Gasteiger partial charge on any atom is 0.270 e. The molecule has 0 saturated heterocycles. The van der Waals surface area contributed by atoms with Gasteiger partial charge in [0.25, 0.3) is 11.6 Å². The minimum atomic E-state index is -0.511. The van der Waals surface area contributed by atoms with E-state index >= 15 is 0 Å². The van der Waals surface area contributed by atoms with Crippen molar-refractivity contribution in [2.45, 2.75) is 13.5 Å². The van der Waals surface area contributed by atoms with Gasteiger partial charge in [-0.3, -0.25) is 14.9 Å². The van der Waals surface area contributed by atoms with Crippen LogP contribution in [0.5, 0.6) is 5.75 Å². The molecule has 0 N–H and O–H groups in total. The monoisotopic (exact) mass is 314 g/mol. The van der Waals surface area contributed by atoms with Crippen molar-refractivity contribution in [3.05, 3.63) is 69.8 Å². The summed E-state index contributed by atoms with van der Waals surface area (Å²) in [4.78, 5) is 24.2. The van der Waals surface area contributed by atoms with Gasteiger partial charge in [-0.15, -0.1) is 0 Å². The van der Waals surface area contributed by atoms with Crippen LogP contribution in [0, 0.1) is 10.1 Å². The Morgan fingerprint density at radius 3 is 2.52 bits per heavy atom. The number of nitro benzene ring substituents is 1. The number of ether oxygens (including phenoxy) is 1. The van der Waals surface area contributed by atoms with Gasteiger partial charge in [0.15, 0.2) is 0 Å². The van der Waals surface area contributed by atoms with Crippen molar-refractivity contribution >= 4 is 11.6 Å². The molecular formula is C17H18N2O4. The Morgan fingerprint density at radius 2 is 1.91 bits per heavy atom. The van der Waals surface area contributed by atoms with Gasteiger partial charge in [-0.25, -0.2) is 0 Å². The number of carbonyl (C=O) groups is 1. The highest BCUT2D eigenvalue weighted by Crippen LogP contribution is 2.17. The standard InChI is InChI=1S/C17H18N2O4/c1-3-23-16-9-7-13(8-10-16)12-18(2)17(20)14-5-4-6-15(11-14)19(21)22/h4-11H,3,12H2,1-2H3. The highest BCUT2D eigenvalue weighted by Gasteiger charge is 2.15. The fourth-order valence-corrected chi connectivity index (χ4v) is 2.18. The largest absolute Gasteiger partial charge is 0.494 e. The third kappa shape index (κ3) is 4.29. The number of nitrogens with zero attached hydrogens (tertiary/aromatic N) is 2. The zero-order valence-electron chi connectivity index (χ0n) is 13.1. The number of rotatable bonds is 6. The minimum absolute atomic E-state index is 0.0923. The van der Waals surface area contributed by atoms with E-state index in [1.807, 2.05) is 31.2 Å². The van der Waals surface area contributed by atoms with Crippen LogP contribution in [0.3, 0.4) is 0 Å². The number of hydrogen-bond donors (Lipinski definition) is 0. The number of amides is 1. The van der Waals surface area contributed by atoms with Crippen LogP contribution in [0.2, 0.25) is 0 Å². The Kier molecular flexibility index (Phi) is 5.30. The summed E-state index contributed by atoms with van der Waals surface area (Å²) in [5, 5.41) is 10.8. The number of non-ortho nitro benzene ring substituents is 1. The van der Waals surface area contributed by atoms with E-state index in [0.29, 0.717) is 18.7 Å². The Hall–Kier alpha value is -2.89. The molecule has 2 rings (SSSR count). The second-order valence-corrected chi connectivity index (χ2v) is 5.05. The summed E-state index contributed by atoms with van der Waals surface area (Å²) >= 11 is 0. The van der Waals surface area contributed by atoms with Gasteiger partial charge in [0.2, 0.25) is 0 Å².